The molecule has 0 unspecified atom stereocenters. The molecular weight excluding hydrogens is 274 g/mol. The SMILES string of the molecule is Clc1ncc(COCc2ccc3c(c2)OCO3)s1. The van der Waals surface area contributed by atoms with Crippen LogP contribution in [0.15, 0.2) is 24.4 Å². The van der Waals surface area contributed by atoms with E-state index in [1.165, 1.54) is 11.3 Å². The minimum Gasteiger partial charge on any atom is -0.454 e. The van der Waals surface area contributed by atoms with Crippen LogP contribution in [-0.2, 0) is 18.0 Å². The molecular formula is C12H10ClNO3S. The summed E-state index contributed by atoms with van der Waals surface area (Å²) in [6, 6.07) is 5.79. The molecule has 0 radical (unpaired) electrons. The molecule has 0 amide bonds. The topological polar surface area (TPSA) is 40.6 Å². The average Bonchev–Trinajstić information content (AvgIpc) is 2.97. The lowest BCUT2D eigenvalue weighted by Gasteiger charge is -2.03. The van der Waals surface area contributed by atoms with E-state index >= 15 is 0 Å². The van der Waals surface area contributed by atoms with Crippen molar-refractivity contribution in [3.63, 3.8) is 0 Å². The van der Waals surface area contributed by atoms with Crippen LogP contribution in [0, 0.1) is 0 Å². The normalized spacial score (nSPS) is 12.9. The van der Waals surface area contributed by atoms with Gasteiger partial charge in [-0.15, -0.1) is 11.3 Å². The van der Waals surface area contributed by atoms with Gasteiger partial charge in [0.25, 0.3) is 0 Å². The highest BCUT2D eigenvalue weighted by molar-refractivity contribution is 7.15. The lowest BCUT2D eigenvalue weighted by atomic mass is 10.2. The molecule has 3 rings (SSSR count). The predicted octanol–water partition coefficient (Wildman–Crippen LogP) is 3.24. The highest BCUT2D eigenvalue weighted by atomic mass is 35.5. The van der Waals surface area contributed by atoms with Crippen LogP contribution in [0.1, 0.15) is 10.4 Å². The van der Waals surface area contributed by atoms with E-state index in [-0.39, 0.29) is 0 Å². The van der Waals surface area contributed by atoms with Gasteiger partial charge in [0.15, 0.2) is 16.0 Å². The van der Waals surface area contributed by atoms with Crippen molar-refractivity contribution in [1.29, 1.82) is 0 Å². The van der Waals surface area contributed by atoms with Crippen LogP contribution in [0.4, 0.5) is 0 Å². The van der Waals surface area contributed by atoms with Gasteiger partial charge in [0.1, 0.15) is 0 Å². The molecule has 0 aliphatic carbocycles. The van der Waals surface area contributed by atoms with Crippen molar-refractivity contribution in [3.8, 4) is 11.5 Å². The van der Waals surface area contributed by atoms with Crippen LogP contribution in [-0.4, -0.2) is 11.8 Å². The predicted molar refractivity (Wildman–Crippen MR) is 68.2 cm³/mol. The largest absolute Gasteiger partial charge is 0.454 e. The van der Waals surface area contributed by atoms with Gasteiger partial charge in [-0.1, -0.05) is 17.7 Å². The maximum atomic E-state index is 5.74. The number of ether oxygens (including phenoxy) is 3. The first kappa shape index (κ1) is 11.8. The summed E-state index contributed by atoms with van der Waals surface area (Å²) in [6.07, 6.45) is 1.73. The summed E-state index contributed by atoms with van der Waals surface area (Å²) in [5.74, 6) is 1.56. The molecule has 0 N–H and O–H groups in total. The van der Waals surface area contributed by atoms with Gasteiger partial charge in [0.2, 0.25) is 6.79 Å². The molecule has 2 heterocycles. The van der Waals surface area contributed by atoms with Crippen LogP contribution >= 0.6 is 22.9 Å². The van der Waals surface area contributed by atoms with E-state index in [9.17, 15) is 0 Å². The number of rotatable bonds is 4. The second kappa shape index (κ2) is 5.14. The Kier molecular flexibility index (Phi) is 3.36. The third-order valence-electron chi connectivity index (χ3n) is 2.48. The van der Waals surface area contributed by atoms with Crippen molar-refractivity contribution in [2.75, 3.05) is 6.79 Å². The molecule has 6 heteroatoms. The van der Waals surface area contributed by atoms with Gasteiger partial charge in [0.05, 0.1) is 18.1 Å². The molecule has 18 heavy (non-hydrogen) atoms. The first-order valence-corrected chi connectivity index (χ1v) is 6.57. The number of nitrogens with zero attached hydrogens (tertiary/aromatic N) is 1. The molecule has 94 valence electrons. The number of halogens is 1. The molecule has 1 aromatic carbocycles. The van der Waals surface area contributed by atoms with Crippen LogP contribution < -0.4 is 9.47 Å². The molecule has 0 fully saturated rings. The lowest BCUT2D eigenvalue weighted by molar-refractivity contribution is 0.109. The Morgan fingerprint density at radius 1 is 1.28 bits per heavy atom. The standard InChI is InChI=1S/C12H10ClNO3S/c13-12-14-4-9(18-12)6-15-5-8-1-2-10-11(3-8)17-7-16-10/h1-4H,5-7H2. The summed E-state index contributed by atoms with van der Waals surface area (Å²) in [6.45, 7) is 1.32. The summed E-state index contributed by atoms with van der Waals surface area (Å²) in [4.78, 5) is 4.97. The van der Waals surface area contributed by atoms with Crippen molar-refractivity contribution in [2.45, 2.75) is 13.2 Å². The van der Waals surface area contributed by atoms with Crippen LogP contribution in [0.3, 0.4) is 0 Å². The smallest absolute Gasteiger partial charge is 0.231 e. The molecule has 0 atom stereocenters. The minimum absolute atomic E-state index is 0.291. The Bertz CT molecular complexity index is 558. The van der Waals surface area contributed by atoms with Crippen LogP contribution in [0.2, 0.25) is 4.47 Å². The Morgan fingerprint density at radius 3 is 3.00 bits per heavy atom. The number of thiazole rings is 1. The van der Waals surface area contributed by atoms with Gasteiger partial charge >= 0.3 is 0 Å². The zero-order chi connectivity index (χ0) is 12.4. The molecule has 2 aromatic rings. The molecule has 0 saturated heterocycles. The summed E-state index contributed by atoms with van der Waals surface area (Å²) in [7, 11) is 0. The average molecular weight is 284 g/mol. The summed E-state index contributed by atoms with van der Waals surface area (Å²) >= 11 is 7.17. The van der Waals surface area contributed by atoms with Crippen molar-refractivity contribution in [2.24, 2.45) is 0 Å². The quantitative estimate of drug-likeness (QED) is 0.864. The van der Waals surface area contributed by atoms with Gasteiger partial charge in [-0.05, 0) is 17.7 Å². The Labute approximate surface area is 113 Å². The van der Waals surface area contributed by atoms with Crippen molar-refractivity contribution in [1.82, 2.24) is 4.98 Å². The number of aromatic nitrogens is 1. The molecule has 0 saturated carbocycles. The number of fused-ring (bicyclic) bond motifs is 1. The van der Waals surface area contributed by atoms with E-state index < -0.39 is 0 Å². The number of hydrogen-bond donors (Lipinski definition) is 0. The zero-order valence-electron chi connectivity index (χ0n) is 9.39. The van der Waals surface area contributed by atoms with Crippen LogP contribution in [0.25, 0.3) is 0 Å². The molecule has 1 aromatic heterocycles. The summed E-state index contributed by atoms with van der Waals surface area (Å²) in [5.41, 5.74) is 1.05. The second-order valence-corrected chi connectivity index (χ2v) is 5.46. The summed E-state index contributed by atoms with van der Waals surface area (Å²) in [5, 5.41) is 0. The Hall–Kier alpha value is -1.30. The van der Waals surface area contributed by atoms with E-state index in [2.05, 4.69) is 4.98 Å². The van der Waals surface area contributed by atoms with E-state index in [1.54, 1.807) is 6.20 Å². The fourth-order valence-corrected chi connectivity index (χ4v) is 2.57. The third kappa shape index (κ3) is 2.58. The van der Waals surface area contributed by atoms with Crippen molar-refractivity contribution < 1.29 is 14.2 Å². The highest BCUT2D eigenvalue weighted by Crippen LogP contribution is 2.32. The fourth-order valence-electron chi connectivity index (χ4n) is 1.65. The van der Waals surface area contributed by atoms with E-state index in [0.29, 0.717) is 24.5 Å². The monoisotopic (exact) mass is 283 g/mol. The summed E-state index contributed by atoms with van der Waals surface area (Å²) < 4.78 is 16.7. The van der Waals surface area contributed by atoms with Gasteiger partial charge in [-0.3, -0.25) is 0 Å². The van der Waals surface area contributed by atoms with E-state index in [0.717, 1.165) is 21.9 Å². The molecule has 1 aliphatic rings. The maximum Gasteiger partial charge on any atom is 0.231 e. The van der Waals surface area contributed by atoms with E-state index in [1.807, 2.05) is 18.2 Å². The lowest BCUT2D eigenvalue weighted by Crippen LogP contribution is -1.93. The maximum absolute atomic E-state index is 5.74. The second-order valence-electron chi connectivity index (χ2n) is 3.76. The van der Waals surface area contributed by atoms with Gasteiger partial charge in [0, 0.05) is 6.20 Å². The first-order valence-electron chi connectivity index (χ1n) is 5.38. The molecule has 1 aliphatic heterocycles. The van der Waals surface area contributed by atoms with Crippen LogP contribution in [0.5, 0.6) is 11.5 Å². The minimum atomic E-state index is 0.291. The number of benzene rings is 1. The molecule has 0 bridgehead atoms. The number of hydrogen-bond acceptors (Lipinski definition) is 5. The Morgan fingerprint density at radius 2 is 2.17 bits per heavy atom. The fraction of sp³-hybridized carbons (Fsp3) is 0.250. The zero-order valence-corrected chi connectivity index (χ0v) is 11.0. The third-order valence-corrected chi connectivity index (χ3v) is 3.56. The van der Waals surface area contributed by atoms with E-state index in [4.69, 9.17) is 25.8 Å². The van der Waals surface area contributed by atoms with Crippen molar-refractivity contribution in [3.05, 3.63) is 39.3 Å². The van der Waals surface area contributed by atoms with Gasteiger partial charge in [-0.25, -0.2) is 4.98 Å². The van der Waals surface area contributed by atoms with Crippen molar-refractivity contribution >= 4 is 22.9 Å². The highest BCUT2D eigenvalue weighted by Gasteiger charge is 2.13. The first-order chi connectivity index (χ1) is 8.81. The molecule has 0 spiro atoms. The molecule has 4 nitrogen and oxygen atoms in total. The van der Waals surface area contributed by atoms with Gasteiger partial charge in [-0.2, -0.15) is 0 Å². The van der Waals surface area contributed by atoms with Gasteiger partial charge < -0.3 is 14.2 Å². The Balaban J connectivity index is 1.57.